The molecule has 0 spiro atoms. The first-order valence-corrected chi connectivity index (χ1v) is 7.30. The molecule has 0 aliphatic heterocycles. The van der Waals surface area contributed by atoms with E-state index in [2.05, 4.69) is 5.32 Å². The van der Waals surface area contributed by atoms with Crippen molar-refractivity contribution in [3.8, 4) is 5.75 Å². The van der Waals surface area contributed by atoms with E-state index in [1.807, 2.05) is 66.7 Å². The van der Waals surface area contributed by atoms with E-state index in [-0.39, 0.29) is 0 Å². The zero-order valence-corrected chi connectivity index (χ0v) is 12.2. The minimum absolute atomic E-state index is 0.425. The third kappa shape index (κ3) is 3.64. The minimum atomic E-state index is -0.425. The monoisotopic (exact) mass is 291 g/mol. The molecule has 0 aliphatic rings. The fourth-order valence-corrected chi connectivity index (χ4v) is 2.33. The van der Waals surface area contributed by atoms with Crippen molar-refractivity contribution >= 4 is 16.9 Å². The van der Waals surface area contributed by atoms with Gasteiger partial charge in [-0.05, 0) is 34.9 Å². The number of rotatable bonds is 4. The predicted octanol–water partition coefficient (Wildman–Crippen LogP) is 4.17. The second kappa shape index (κ2) is 6.76. The molecule has 0 atom stereocenters. The van der Waals surface area contributed by atoms with Crippen molar-refractivity contribution < 1.29 is 9.53 Å². The first-order valence-electron chi connectivity index (χ1n) is 7.30. The van der Waals surface area contributed by atoms with E-state index >= 15 is 0 Å². The number of carbonyl (C=O) groups is 1. The Hall–Kier alpha value is -2.81. The molecule has 0 unspecified atom stereocenters. The van der Waals surface area contributed by atoms with Crippen molar-refractivity contribution in [3.63, 3.8) is 0 Å². The number of hydrogen-bond donors (Lipinski definition) is 1. The number of ether oxygens (including phenoxy) is 1. The maximum atomic E-state index is 11.8. The number of hydrogen-bond acceptors (Lipinski definition) is 2. The van der Waals surface area contributed by atoms with Crippen LogP contribution in [0.2, 0.25) is 0 Å². The predicted molar refractivity (Wildman–Crippen MR) is 88.1 cm³/mol. The van der Waals surface area contributed by atoms with E-state index < -0.39 is 6.09 Å². The summed E-state index contributed by atoms with van der Waals surface area (Å²) in [7, 11) is 0. The summed E-state index contributed by atoms with van der Waals surface area (Å²) in [5.41, 5.74) is 1.19. The summed E-state index contributed by atoms with van der Waals surface area (Å²) < 4.78 is 5.31. The molecule has 3 rings (SSSR count). The lowest BCUT2D eigenvalue weighted by molar-refractivity contribution is 0.200. The van der Waals surface area contributed by atoms with Gasteiger partial charge in [-0.15, -0.1) is 0 Å². The average molecular weight is 291 g/mol. The van der Waals surface area contributed by atoms with Crippen LogP contribution in [0.15, 0.2) is 72.8 Å². The normalized spacial score (nSPS) is 10.4. The van der Waals surface area contributed by atoms with Gasteiger partial charge in [0.05, 0.1) is 0 Å². The molecule has 110 valence electrons. The van der Waals surface area contributed by atoms with Gasteiger partial charge in [-0.1, -0.05) is 60.7 Å². The van der Waals surface area contributed by atoms with Crippen LogP contribution in [0.4, 0.5) is 4.79 Å². The van der Waals surface area contributed by atoms with Crippen LogP contribution in [0.3, 0.4) is 0 Å². The highest BCUT2D eigenvalue weighted by Crippen LogP contribution is 2.20. The van der Waals surface area contributed by atoms with Gasteiger partial charge in [-0.2, -0.15) is 0 Å². The fraction of sp³-hybridized carbons (Fsp3) is 0.105. The molecule has 0 saturated carbocycles. The van der Waals surface area contributed by atoms with Gasteiger partial charge in [0.1, 0.15) is 5.75 Å². The Kier molecular flexibility index (Phi) is 4.35. The standard InChI is InChI=1S/C19H17NO2/c21-19(20-13-12-15-6-2-1-3-7-15)22-18-11-10-16-8-4-5-9-17(16)14-18/h1-11,14H,12-13H2,(H,20,21). The molecule has 0 fully saturated rings. The maximum Gasteiger partial charge on any atom is 0.412 e. The highest BCUT2D eigenvalue weighted by atomic mass is 16.5. The van der Waals surface area contributed by atoms with Crippen LogP contribution in [0.5, 0.6) is 5.75 Å². The van der Waals surface area contributed by atoms with Crippen LogP contribution in [0.1, 0.15) is 5.56 Å². The molecule has 0 aromatic heterocycles. The van der Waals surface area contributed by atoms with E-state index in [4.69, 9.17) is 4.74 Å². The number of carbonyl (C=O) groups excluding carboxylic acids is 1. The molecular formula is C19H17NO2. The largest absolute Gasteiger partial charge is 0.412 e. The van der Waals surface area contributed by atoms with Crippen molar-refractivity contribution in [2.45, 2.75) is 6.42 Å². The third-order valence-corrected chi connectivity index (χ3v) is 3.46. The second-order valence-electron chi connectivity index (χ2n) is 5.06. The molecular weight excluding hydrogens is 274 g/mol. The topological polar surface area (TPSA) is 38.3 Å². The number of fused-ring (bicyclic) bond motifs is 1. The van der Waals surface area contributed by atoms with Crippen molar-refractivity contribution in [2.75, 3.05) is 6.54 Å². The van der Waals surface area contributed by atoms with Crippen molar-refractivity contribution in [2.24, 2.45) is 0 Å². The summed E-state index contributed by atoms with van der Waals surface area (Å²) in [5.74, 6) is 0.552. The number of amides is 1. The Morgan fingerprint density at radius 3 is 2.41 bits per heavy atom. The van der Waals surface area contributed by atoms with Gasteiger partial charge in [-0.3, -0.25) is 0 Å². The molecule has 3 heteroatoms. The molecule has 3 nitrogen and oxygen atoms in total. The highest BCUT2D eigenvalue weighted by molar-refractivity contribution is 5.84. The Labute approximate surface area is 129 Å². The third-order valence-electron chi connectivity index (χ3n) is 3.46. The first kappa shape index (κ1) is 14.1. The van der Waals surface area contributed by atoms with Crippen LogP contribution >= 0.6 is 0 Å². The molecule has 0 aliphatic carbocycles. The summed E-state index contributed by atoms with van der Waals surface area (Å²) in [6.45, 7) is 0.552. The van der Waals surface area contributed by atoms with Crippen LogP contribution in [-0.2, 0) is 6.42 Å². The van der Waals surface area contributed by atoms with Crippen molar-refractivity contribution in [3.05, 3.63) is 78.4 Å². The van der Waals surface area contributed by atoms with E-state index in [0.29, 0.717) is 12.3 Å². The van der Waals surface area contributed by atoms with E-state index in [0.717, 1.165) is 17.2 Å². The average Bonchev–Trinajstić information content (AvgIpc) is 2.56. The second-order valence-corrected chi connectivity index (χ2v) is 5.06. The van der Waals surface area contributed by atoms with E-state index in [9.17, 15) is 4.79 Å². The molecule has 3 aromatic carbocycles. The molecule has 1 amide bonds. The molecule has 0 radical (unpaired) electrons. The van der Waals surface area contributed by atoms with E-state index in [1.165, 1.54) is 5.56 Å². The number of benzene rings is 3. The molecule has 0 heterocycles. The lowest BCUT2D eigenvalue weighted by atomic mass is 10.1. The molecule has 3 aromatic rings. The summed E-state index contributed by atoms with van der Waals surface area (Å²) in [6.07, 6.45) is 0.361. The van der Waals surface area contributed by atoms with Gasteiger partial charge in [0.15, 0.2) is 0 Å². The molecule has 1 N–H and O–H groups in total. The maximum absolute atomic E-state index is 11.8. The fourth-order valence-electron chi connectivity index (χ4n) is 2.33. The quantitative estimate of drug-likeness (QED) is 0.783. The van der Waals surface area contributed by atoms with Crippen LogP contribution in [-0.4, -0.2) is 12.6 Å². The van der Waals surface area contributed by atoms with Crippen LogP contribution in [0.25, 0.3) is 10.8 Å². The SMILES string of the molecule is O=C(NCCc1ccccc1)Oc1ccc2ccccc2c1. The first-order chi connectivity index (χ1) is 10.8. The van der Waals surface area contributed by atoms with E-state index in [1.54, 1.807) is 6.07 Å². The van der Waals surface area contributed by atoms with Gasteiger partial charge in [0, 0.05) is 6.54 Å². The lowest BCUT2D eigenvalue weighted by Crippen LogP contribution is -2.28. The van der Waals surface area contributed by atoms with Crippen molar-refractivity contribution in [1.29, 1.82) is 0 Å². The minimum Gasteiger partial charge on any atom is -0.410 e. The smallest absolute Gasteiger partial charge is 0.410 e. The van der Waals surface area contributed by atoms with Gasteiger partial charge in [0.25, 0.3) is 0 Å². The molecule has 0 bridgehead atoms. The Balaban J connectivity index is 1.54. The van der Waals surface area contributed by atoms with Gasteiger partial charge >= 0.3 is 6.09 Å². The Morgan fingerprint density at radius 2 is 1.59 bits per heavy atom. The highest BCUT2D eigenvalue weighted by Gasteiger charge is 2.04. The summed E-state index contributed by atoms with van der Waals surface area (Å²) >= 11 is 0. The number of nitrogens with one attached hydrogen (secondary N) is 1. The van der Waals surface area contributed by atoms with Gasteiger partial charge in [-0.25, -0.2) is 4.79 Å². The zero-order valence-electron chi connectivity index (χ0n) is 12.2. The van der Waals surface area contributed by atoms with Gasteiger partial charge in [0.2, 0.25) is 0 Å². The zero-order chi connectivity index (χ0) is 15.2. The Morgan fingerprint density at radius 1 is 0.864 bits per heavy atom. The summed E-state index contributed by atoms with van der Waals surface area (Å²) in [6, 6.07) is 23.6. The summed E-state index contributed by atoms with van der Waals surface area (Å²) in [5, 5.41) is 4.94. The van der Waals surface area contributed by atoms with Gasteiger partial charge < -0.3 is 10.1 Å². The molecule has 22 heavy (non-hydrogen) atoms. The Bertz CT molecular complexity index is 769. The van der Waals surface area contributed by atoms with Crippen molar-refractivity contribution in [1.82, 2.24) is 5.32 Å². The van der Waals surface area contributed by atoms with Crippen LogP contribution < -0.4 is 10.1 Å². The van der Waals surface area contributed by atoms with Crippen LogP contribution in [0, 0.1) is 0 Å². The molecule has 0 saturated heterocycles. The lowest BCUT2D eigenvalue weighted by Gasteiger charge is -2.07. The summed E-state index contributed by atoms with van der Waals surface area (Å²) in [4.78, 5) is 11.8.